The van der Waals surface area contributed by atoms with E-state index in [1.807, 2.05) is 72.8 Å². The maximum atomic E-state index is 6.99. The van der Waals surface area contributed by atoms with Crippen LogP contribution in [-0.2, 0) is 16.3 Å². The summed E-state index contributed by atoms with van der Waals surface area (Å²) < 4.78 is 20.5. The lowest BCUT2D eigenvalue weighted by molar-refractivity contribution is -0.322. The van der Waals surface area contributed by atoms with Crippen LogP contribution in [0.25, 0.3) is 0 Å². The topological polar surface area (TPSA) is 27.7 Å². The first kappa shape index (κ1) is 18.2. The van der Waals surface area contributed by atoms with E-state index in [1.54, 1.807) is 0 Å². The highest BCUT2D eigenvalue weighted by atomic mass is 16.8. The van der Waals surface area contributed by atoms with Gasteiger partial charge in [0.25, 0.3) is 11.6 Å². The monoisotopic (exact) mass is 406 g/mol. The number of aryl methyl sites for hydroxylation is 2. The molecule has 0 aromatic heterocycles. The Bertz CT molecular complexity index is 1180. The molecule has 0 N–H and O–H groups in total. The molecule has 2 aliphatic heterocycles. The van der Waals surface area contributed by atoms with Crippen molar-refractivity contribution in [3.63, 3.8) is 0 Å². The van der Waals surface area contributed by atoms with Gasteiger partial charge < -0.3 is 9.47 Å². The minimum atomic E-state index is -1.13. The van der Waals surface area contributed by atoms with Crippen molar-refractivity contribution in [3.05, 3.63) is 130 Å². The molecule has 0 aliphatic carbocycles. The van der Waals surface area contributed by atoms with Crippen molar-refractivity contribution < 1.29 is 14.2 Å². The predicted octanol–water partition coefficient (Wildman–Crippen LogP) is 6.21. The highest BCUT2D eigenvalue weighted by molar-refractivity contribution is 5.56. The molecule has 0 unspecified atom stereocenters. The summed E-state index contributed by atoms with van der Waals surface area (Å²) in [6, 6.07) is 32.6. The molecule has 0 spiro atoms. The van der Waals surface area contributed by atoms with Crippen LogP contribution < -0.4 is 9.47 Å². The largest absolute Gasteiger partial charge is 0.453 e. The highest BCUT2D eigenvalue weighted by Gasteiger charge is 2.59. The minimum Gasteiger partial charge on any atom is -0.453 e. The molecule has 4 aromatic carbocycles. The summed E-state index contributed by atoms with van der Waals surface area (Å²) in [6.45, 7) is 4.14. The van der Waals surface area contributed by atoms with E-state index in [0.29, 0.717) is 0 Å². The van der Waals surface area contributed by atoms with Gasteiger partial charge in [-0.3, -0.25) is 4.74 Å². The lowest BCUT2D eigenvalue weighted by Gasteiger charge is -2.52. The van der Waals surface area contributed by atoms with E-state index >= 15 is 0 Å². The normalized spacial score (nSPS) is 23.2. The Hall–Kier alpha value is -3.56. The van der Waals surface area contributed by atoms with Crippen molar-refractivity contribution in [1.82, 2.24) is 0 Å². The number of fused-ring (bicyclic) bond motifs is 6. The van der Waals surface area contributed by atoms with Crippen LogP contribution in [-0.4, -0.2) is 0 Å². The third kappa shape index (κ3) is 2.57. The molecule has 2 bridgehead atoms. The van der Waals surface area contributed by atoms with E-state index < -0.39 is 11.6 Å². The molecule has 3 heteroatoms. The average Bonchev–Trinajstić information content (AvgIpc) is 2.81. The molecule has 0 radical (unpaired) electrons. The maximum absolute atomic E-state index is 6.99. The fourth-order valence-electron chi connectivity index (χ4n) is 4.62. The molecule has 0 saturated carbocycles. The maximum Gasteiger partial charge on any atom is 0.271 e. The molecule has 2 atom stereocenters. The summed E-state index contributed by atoms with van der Waals surface area (Å²) in [6.07, 6.45) is 0. The second kappa shape index (κ2) is 6.47. The van der Waals surface area contributed by atoms with E-state index in [2.05, 4.69) is 38.1 Å². The van der Waals surface area contributed by atoms with Gasteiger partial charge in [-0.15, -0.1) is 0 Å². The Morgan fingerprint density at radius 1 is 0.516 bits per heavy atom. The SMILES string of the molecule is Cc1ccc2c(c1)[C@@]1(c3ccccc3)Oc3ccc(C)cc3[C@@](c3ccccc3)(O2)O1. The van der Waals surface area contributed by atoms with Crippen LogP contribution in [0.15, 0.2) is 97.1 Å². The molecule has 2 heterocycles. The van der Waals surface area contributed by atoms with Gasteiger partial charge in [-0.05, 0) is 38.1 Å². The molecule has 0 fully saturated rings. The Balaban J connectivity index is 1.73. The van der Waals surface area contributed by atoms with E-state index in [-0.39, 0.29) is 0 Å². The lowest BCUT2D eigenvalue weighted by atomic mass is 9.86. The smallest absolute Gasteiger partial charge is 0.271 e. The molecule has 3 nitrogen and oxygen atoms in total. The highest BCUT2D eigenvalue weighted by Crippen LogP contribution is 2.58. The van der Waals surface area contributed by atoms with E-state index in [0.717, 1.165) is 44.9 Å². The first-order valence-electron chi connectivity index (χ1n) is 10.5. The number of benzene rings is 4. The Kier molecular flexibility index (Phi) is 3.80. The van der Waals surface area contributed by atoms with E-state index in [4.69, 9.17) is 14.2 Å². The van der Waals surface area contributed by atoms with Crippen molar-refractivity contribution in [1.29, 1.82) is 0 Å². The summed E-state index contributed by atoms with van der Waals surface area (Å²) >= 11 is 0. The third-order valence-electron chi connectivity index (χ3n) is 6.08. The van der Waals surface area contributed by atoms with Gasteiger partial charge in [-0.1, -0.05) is 83.9 Å². The third-order valence-corrected chi connectivity index (χ3v) is 6.08. The van der Waals surface area contributed by atoms with Crippen LogP contribution in [0, 0.1) is 13.8 Å². The summed E-state index contributed by atoms with van der Waals surface area (Å²) in [7, 11) is 0. The zero-order valence-electron chi connectivity index (χ0n) is 17.5. The summed E-state index contributed by atoms with van der Waals surface area (Å²) in [5, 5.41) is 0. The molecular weight excluding hydrogens is 384 g/mol. The summed E-state index contributed by atoms with van der Waals surface area (Å²) in [4.78, 5) is 0. The van der Waals surface area contributed by atoms with Crippen LogP contribution in [0.1, 0.15) is 33.4 Å². The second-order valence-electron chi connectivity index (χ2n) is 8.27. The van der Waals surface area contributed by atoms with Crippen molar-refractivity contribution in [3.8, 4) is 11.5 Å². The predicted molar refractivity (Wildman–Crippen MR) is 119 cm³/mol. The van der Waals surface area contributed by atoms with Gasteiger partial charge in [0.1, 0.15) is 11.5 Å². The van der Waals surface area contributed by atoms with Gasteiger partial charge in [0.2, 0.25) is 0 Å². The Labute approximate surface area is 181 Å². The number of rotatable bonds is 2. The summed E-state index contributed by atoms with van der Waals surface area (Å²) in [5.74, 6) is -0.730. The zero-order chi connectivity index (χ0) is 21.1. The molecule has 2 aliphatic rings. The van der Waals surface area contributed by atoms with Crippen LogP contribution in [0.3, 0.4) is 0 Å². The van der Waals surface area contributed by atoms with E-state index in [1.165, 1.54) is 0 Å². The second-order valence-corrected chi connectivity index (χ2v) is 8.27. The molecule has 31 heavy (non-hydrogen) atoms. The molecular formula is C28H22O3. The minimum absolute atomic E-state index is 0.761. The summed E-state index contributed by atoms with van der Waals surface area (Å²) in [5.41, 5.74) is 5.83. The fraction of sp³-hybridized carbons (Fsp3) is 0.143. The lowest BCUT2D eigenvalue weighted by Crippen LogP contribution is -2.56. The van der Waals surface area contributed by atoms with Crippen LogP contribution in [0.5, 0.6) is 11.5 Å². The molecule has 0 amide bonds. The average molecular weight is 406 g/mol. The molecule has 6 rings (SSSR count). The molecule has 4 aromatic rings. The van der Waals surface area contributed by atoms with Crippen molar-refractivity contribution >= 4 is 0 Å². The quantitative estimate of drug-likeness (QED) is 0.396. The molecule has 152 valence electrons. The van der Waals surface area contributed by atoms with Gasteiger partial charge in [0.05, 0.1) is 11.1 Å². The van der Waals surface area contributed by atoms with Crippen molar-refractivity contribution in [2.75, 3.05) is 0 Å². The Morgan fingerprint density at radius 2 is 0.935 bits per heavy atom. The van der Waals surface area contributed by atoms with Crippen LogP contribution in [0.2, 0.25) is 0 Å². The molecule has 0 saturated heterocycles. The first-order valence-corrected chi connectivity index (χ1v) is 10.5. The van der Waals surface area contributed by atoms with E-state index in [9.17, 15) is 0 Å². The number of hydrogen-bond acceptors (Lipinski definition) is 3. The number of ether oxygens (including phenoxy) is 3. The van der Waals surface area contributed by atoms with Gasteiger partial charge >= 0.3 is 0 Å². The van der Waals surface area contributed by atoms with Crippen molar-refractivity contribution in [2.45, 2.75) is 25.4 Å². The fourth-order valence-corrected chi connectivity index (χ4v) is 4.62. The van der Waals surface area contributed by atoms with Gasteiger partial charge in [0.15, 0.2) is 0 Å². The first-order chi connectivity index (χ1) is 15.1. The van der Waals surface area contributed by atoms with Gasteiger partial charge in [-0.25, -0.2) is 0 Å². The zero-order valence-corrected chi connectivity index (χ0v) is 17.5. The Morgan fingerprint density at radius 3 is 1.35 bits per heavy atom. The standard InChI is InChI=1S/C28H22O3/c1-19-13-15-25-23(17-19)27(21-9-5-3-6-10-21)30-26-16-14-20(2)18-24(26)28(29-25,31-27)22-11-7-4-8-12-22/h3-18H,1-2H3/t27-,28-/m0/s1. The van der Waals surface area contributed by atoms with Gasteiger partial charge in [0, 0.05) is 11.1 Å². The van der Waals surface area contributed by atoms with Crippen molar-refractivity contribution in [2.24, 2.45) is 0 Å². The van der Waals surface area contributed by atoms with Crippen LogP contribution >= 0.6 is 0 Å². The van der Waals surface area contributed by atoms with Crippen LogP contribution in [0.4, 0.5) is 0 Å². The van der Waals surface area contributed by atoms with Gasteiger partial charge in [-0.2, -0.15) is 0 Å². The number of hydrogen-bond donors (Lipinski definition) is 0.